The van der Waals surface area contributed by atoms with E-state index in [1.807, 2.05) is 19.1 Å². The molecule has 0 nitrogen and oxygen atoms in total. The molecule has 7 heavy (non-hydrogen) atoms. The third-order valence-corrected chi connectivity index (χ3v) is 0.925. The van der Waals surface area contributed by atoms with Crippen LogP contribution in [0.4, 0.5) is 0 Å². The van der Waals surface area contributed by atoms with Crippen molar-refractivity contribution in [2.75, 3.05) is 0 Å². The van der Waals surface area contributed by atoms with Crippen LogP contribution in [0.3, 0.4) is 0 Å². The summed E-state index contributed by atoms with van der Waals surface area (Å²) in [4.78, 5) is 0. The number of halogens is 1. The molecule has 0 amide bonds. The molecule has 0 aliphatic heterocycles. The molecule has 0 aliphatic rings. The summed E-state index contributed by atoms with van der Waals surface area (Å²) in [5, 5.41) is 0.00463. The number of allylic oxidation sites excluding steroid dienone is 3. The van der Waals surface area contributed by atoms with Crippen LogP contribution >= 0.6 is 11.6 Å². The van der Waals surface area contributed by atoms with Gasteiger partial charge in [0, 0.05) is 0 Å². The first kappa shape index (κ1) is 6.77. The molecule has 0 saturated heterocycles. The zero-order chi connectivity index (χ0) is 5.70. The smallest absolute Gasteiger partial charge is 0.0694 e. The van der Waals surface area contributed by atoms with E-state index >= 15 is 0 Å². The Morgan fingerprint density at radius 1 is 1.71 bits per heavy atom. The highest BCUT2D eigenvalue weighted by Gasteiger charge is 1.84. The van der Waals surface area contributed by atoms with Crippen LogP contribution in [0.1, 0.15) is 6.92 Å². The van der Waals surface area contributed by atoms with Crippen LogP contribution in [0, 0.1) is 0 Å². The molecule has 0 saturated carbocycles. The second-order valence-electron chi connectivity index (χ2n) is 1.21. The van der Waals surface area contributed by atoms with Crippen molar-refractivity contribution in [2.45, 2.75) is 12.3 Å². The molecule has 0 aromatic carbocycles. The first-order chi connectivity index (χ1) is 3.31. The van der Waals surface area contributed by atoms with Gasteiger partial charge < -0.3 is 0 Å². The molecule has 0 aliphatic carbocycles. The normalized spacial score (nSPS) is 14.6. The van der Waals surface area contributed by atoms with Crippen molar-refractivity contribution in [3.8, 4) is 0 Å². The second-order valence-corrected chi connectivity index (χ2v) is 1.71. The number of alkyl halides is 1. The van der Waals surface area contributed by atoms with Gasteiger partial charge in [-0.3, -0.25) is 0 Å². The number of rotatable bonds is 2. The van der Waals surface area contributed by atoms with Crippen molar-refractivity contribution >= 4 is 11.6 Å². The largest absolute Gasteiger partial charge is 0.114 e. The van der Waals surface area contributed by atoms with Crippen LogP contribution in [0.2, 0.25) is 0 Å². The fourth-order valence-corrected chi connectivity index (χ4v) is 0.408. The quantitative estimate of drug-likeness (QED) is 0.384. The molecule has 1 atom stereocenters. The van der Waals surface area contributed by atoms with Gasteiger partial charge in [-0.2, -0.15) is 0 Å². The van der Waals surface area contributed by atoms with Gasteiger partial charge in [-0.15, -0.1) is 18.2 Å². The summed E-state index contributed by atoms with van der Waals surface area (Å²) in [6.45, 7) is 5.43. The van der Waals surface area contributed by atoms with Crippen molar-refractivity contribution < 1.29 is 0 Å². The standard InChI is InChI=1S/C6H9Cl/c1-3-5-6(7)4-2/h3-6H,2H2,1H3. The summed E-state index contributed by atoms with van der Waals surface area (Å²) in [7, 11) is 0. The molecule has 0 rings (SSSR count). The summed E-state index contributed by atoms with van der Waals surface area (Å²) in [6, 6.07) is 0. The van der Waals surface area contributed by atoms with Crippen LogP contribution < -0.4 is 0 Å². The lowest BCUT2D eigenvalue weighted by Gasteiger charge is -1.87. The zero-order valence-corrected chi connectivity index (χ0v) is 5.15. The average Bonchev–Trinajstić information content (AvgIpc) is 1.68. The highest BCUT2D eigenvalue weighted by molar-refractivity contribution is 6.22. The molecule has 0 aromatic heterocycles. The monoisotopic (exact) mass is 116 g/mol. The molecule has 1 unspecified atom stereocenters. The number of hydrogen-bond donors (Lipinski definition) is 0. The number of hydrogen-bond acceptors (Lipinski definition) is 0. The maximum absolute atomic E-state index is 5.56. The Balaban J connectivity index is 3.35. The highest BCUT2D eigenvalue weighted by atomic mass is 35.5. The minimum Gasteiger partial charge on any atom is -0.114 e. The summed E-state index contributed by atoms with van der Waals surface area (Å²) in [5.41, 5.74) is 0. The average molecular weight is 117 g/mol. The van der Waals surface area contributed by atoms with Crippen LogP contribution in [0.15, 0.2) is 24.8 Å². The van der Waals surface area contributed by atoms with Crippen molar-refractivity contribution in [1.82, 2.24) is 0 Å². The van der Waals surface area contributed by atoms with Gasteiger partial charge >= 0.3 is 0 Å². The predicted molar refractivity (Wildman–Crippen MR) is 34.7 cm³/mol. The van der Waals surface area contributed by atoms with Gasteiger partial charge in [-0.05, 0) is 6.92 Å². The molecule has 40 valence electrons. The molecule has 0 aromatic rings. The van der Waals surface area contributed by atoms with Gasteiger partial charge in [0.15, 0.2) is 0 Å². The van der Waals surface area contributed by atoms with E-state index in [1.165, 1.54) is 0 Å². The van der Waals surface area contributed by atoms with E-state index in [4.69, 9.17) is 11.6 Å². The SMILES string of the molecule is C=CC(Cl)C=CC. The van der Waals surface area contributed by atoms with Crippen molar-refractivity contribution in [1.29, 1.82) is 0 Å². The minimum atomic E-state index is 0.00463. The zero-order valence-electron chi connectivity index (χ0n) is 4.39. The molecule has 0 N–H and O–H groups in total. The lowest BCUT2D eigenvalue weighted by Crippen LogP contribution is -1.81. The molecule has 0 heterocycles. The third kappa shape index (κ3) is 3.60. The van der Waals surface area contributed by atoms with E-state index in [2.05, 4.69) is 6.58 Å². The Morgan fingerprint density at radius 3 is 2.43 bits per heavy atom. The van der Waals surface area contributed by atoms with E-state index in [1.54, 1.807) is 6.08 Å². The topological polar surface area (TPSA) is 0 Å². The van der Waals surface area contributed by atoms with Crippen molar-refractivity contribution in [3.05, 3.63) is 24.8 Å². The highest BCUT2D eigenvalue weighted by Crippen LogP contribution is 1.96. The molecule has 0 radical (unpaired) electrons. The van der Waals surface area contributed by atoms with Crippen LogP contribution in [-0.4, -0.2) is 5.38 Å². The maximum Gasteiger partial charge on any atom is 0.0694 e. The summed E-state index contributed by atoms with van der Waals surface area (Å²) in [6.07, 6.45) is 5.45. The fourth-order valence-electron chi connectivity index (χ4n) is 0.262. The summed E-state index contributed by atoms with van der Waals surface area (Å²) in [5.74, 6) is 0. The second kappa shape index (κ2) is 3.94. The summed E-state index contributed by atoms with van der Waals surface area (Å²) < 4.78 is 0. The lowest BCUT2D eigenvalue weighted by atomic mass is 10.4. The van der Waals surface area contributed by atoms with Crippen LogP contribution in [0.5, 0.6) is 0 Å². The van der Waals surface area contributed by atoms with Gasteiger partial charge in [-0.25, -0.2) is 0 Å². The van der Waals surface area contributed by atoms with Gasteiger partial charge in [0.25, 0.3) is 0 Å². The van der Waals surface area contributed by atoms with Crippen molar-refractivity contribution in [2.24, 2.45) is 0 Å². The van der Waals surface area contributed by atoms with Crippen LogP contribution in [-0.2, 0) is 0 Å². The lowest BCUT2D eigenvalue weighted by molar-refractivity contribution is 1.39. The Kier molecular flexibility index (Phi) is 3.81. The van der Waals surface area contributed by atoms with E-state index in [0.717, 1.165) is 0 Å². The van der Waals surface area contributed by atoms with E-state index in [-0.39, 0.29) is 5.38 Å². The Bertz CT molecular complexity index is 74.2. The van der Waals surface area contributed by atoms with Crippen molar-refractivity contribution in [3.63, 3.8) is 0 Å². The molecule has 0 fully saturated rings. The maximum atomic E-state index is 5.56. The molecule has 1 heteroatoms. The molecular formula is C6H9Cl. The Morgan fingerprint density at radius 2 is 2.29 bits per heavy atom. The van der Waals surface area contributed by atoms with Gasteiger partial charge in [0.1, 0.15) is 0 Å². The predicted octanol–water partition coefficient (Wildman–Crippen LogP) is 2.36. The van der Waals surface area contributed by atoms with Gasteiger partial charge in [-0.1, -0.05) is 18.2 Å². The van der Waals surface area contributed by atoms with E-state index < -0.39 is 0 Å². The minimum absolute atomic E-state index is 0.00463. The van der Waals surface area contributed by atoms with Gasteiger partial charge in [0.2, 0.25) is 0 Å². The fraction of sp³-hybridized carbons (Fsp3) is 0.333. The first-order valence-corrected chi connectivity index (χ1v) is 2.64. The van der Waals surface area contributed by atoms with E-state index in [0.29, 0.717) is 0 Å². The Hall–Kier alpha value is -0.230. The third-order valence-electron chi connectivity index (χ3n) is 0.601. The van der Waals surface area contributed by atoms with E-state index in [9.17, 15) is 0 Å². The molecule has 0 spiro atoms. The Labute approximate surface area is 49.5 Å². The first-order valence-electron chi connectivity index (χ1n) is 2.20. The summed E-state index contributed by atoms with van der Waals surface area (Å²) >= 11 is 5.56. The van der Waals surface area contributed by atoms with Crippen LogP contribution in [0.25, 0.3) is 0 Å². The molecular weight excluding hydrogens is 108 g/mol. The molecule has 0 bridgehead atoms. The van der Waals surface area contributed by atoms with Gasteiger partial charge in [0.05, 0.1) is 5.38 Å².